The van der Waals surface area contributed by atoms with Crippen molar-refractivity contribution in [2.75, 3.05) is 25.4 Å². The zero-order valence-electron chi connectivity index (χ0n) is 9.34. The maximum absolute atomic E-state index is 11.2. The molecule has 0 aromatic carbocycles. The van der Waals surface area contributed by atoms with Crippen molar-refractivity contribution in [1.82, 2.24) is 10.0 Å². The van der Waals surface area contributed by atoms with Crippen molar-refractivity contribution in [2.45, 2.75) is 27.2 Å². The van der Waals surface area contributed by atoms with Crippen LogP contribution in [0.4, 0.5) is 0 Å². The Morgan fingerprint density at radius 1 is 1.29 bits per heavy atom. The Kier molecular flexibility index (Phi) is 7.13. The minimum Gasteiger partial charge on any atom is -0.315 e. The first kappa shape index (κ1) is 13.9. The highest BCUT2D eigenvalue weighted by Crippen LogP contribution is 1.96. The zero-order valence-corrected chi connectivity index (χ0v) is 10.2. The first-order valence-corrected chi connectivity index (χ1v) is 6.85. The summed E-state index contributed by atoms with van der Waals surface area (Å²) in [5, 5.41) is 3.13. The minimum absolute atomic E-state index is 0.164. The molecule has 14 heavy (non-hydrogen) atoms. The summed E-state index contributed by atoms with van der Waals surface area (Å²) < 4.78 is 24.8. The molecule has 0 fully saturated rings. The van der Waals surface area contributed by atoms with Gasteiger partial charge in [-0.1, -0.05) is 27.2 Å². The molecular formula is C9H22N2O2S. The van der Waals surface area contributed by atoms with Crippen LogP contribution in [0, 0.1) is 5.92 Å². The zero-order chi connectivity index (χ0) is 11.0. The lowest BCUT2D eigenvalue weighted by Gasteiger charge is -2.10. The highest BCUT2D eigenvalue weighted by atomic mass is 32.2. The highest BCUT2D eigenvalue weighted by Gasteiger charge is 2.07. The van der Waals surface area contributed by atoms with E-state index in [1.165, 1.54) is 0 Å². The molecule has 1 atom stereocenters. The Morgan fingerprint density at radius 2 is 1.93 bits per heavy atom. The molecule has 0 aliphatic heterocycles. The molecule has 0 spiro atoms. The fourth-order valence-corrected chi connectivity index (χ4v) is 1.99. The number of hydrogen-bond donors (Lipinski definition) is 2. The van der Waals surface area contributed by atoms with Gasteiger partial charge >= 0.3 is 0 Å². The maximum atomic E-state index is 11.2. The second-order valence-electron chi connectivity index (χ2n) is 3.53. The number of hydrogen-bond acceptors (Lipinski definition) is 3. The Morgan fingerprint density at radius 3 is 2.43 bits per heavy atom. The van der Waals surface area contributed by atoms with E-state index in [0.29, 0.717) is 19.0 Å². The highest BCUT2D eigenvalue weighted by molar-refractivity contribution is 7.89. The molecule has 0 saturated carbocycles. The van der Waals surface area contributed by atoms with Crippen molar-refractivity contribution >= 4 is 10.0 Å². The average molecular weight is 222 g/mol. The van der Waals surface area contributed by atoms with Crippen LogP contribution in [0.15, 0.2) is 0 Å². The predicted octanol–water partition coefficient (Wildman–Crippen LogP) is 0.561. The lowest BCUT2D eigenvalue weighted by molar-refractivity contribution is 0.507. The third kappa shape index (κ3) is 7.29. The largest absolute Gasteiger partial charge is 0.315 e. The first-order chi connectivity index (χ1) is 6.52. The molecule has 0 aromatic heterocycles. The Bertz CT molecular complexity index is 227. The topological polar surface area (TPSA) is 58.2 Å². The van der Waals surface area contributed by atoms with Gasteiger partial charge in [-0.3, -0.25) is 0 Å². The number of sulfonamides is 1. The average Bonchev–Trinajstić information content (AvgIpc) is 2.12. The Balaban J connectivity index is 3.54. The van der Waals surface area contributed by atoms with E-state index in [9.17, 15) is 8.42 Å². The van der Waals surface area contributed by atoms with Crippen molar-refractivity contribution in [2.24, 2.45) is 5.92 Å². The van der Waals surface area contributed by atoms with Crippen molar-refractivity contribution in [3.63, 3.8) is 0 Å². The summed E-state index contributed by atoms with van der Waals surface area (Å²) in [7, 11) is -3.05. The molecule has 0 rings (SSSR count). The summed E-state index contributed by atoms with van der Waals surface area (Å²) in [6.07, 6.45) is 1.12. The van der Waals surface area contributed by atoms with E-state index < -0.39 is 10.0 Å². The molecular weight excluding hydrogens is 200 g/mol. The SMILES string of the molecule is CCNS(=O)(=O)CCNCC(C)CC. The molecule has 0 aliphatic carbocycles. The Labute approximate surface area is 87.5 Å². The van der Waals surface area contributed by atoms with E-state index in [1.807, 2.05) is 0 Å². The second-order valence-corrected chi connectivity index (χ2v) is 5.46. The van der Waals surface area contributed by atoms with Crippen LogP contribution in [0.3, 0.4) is 0 Å². The van der Waals surface area contributed by atoms with E-state index in [2.05, 4.69) is 23.9 Å². The normalized spacial score (nSPS) is 14.2. The van der Waals surface area contributed by atoms with Gasteiger partial charge in [0.25, 0.3) is 0 Å². The molecule has 4 nitrogen and oxygen atoms in total. The van der Waals surface area contributed by atoms with E-state index in [-0.39, 0.29) is 5.75 Å². The van der Waals surface area contributed by atoms with Crippen LogP contribution in [-0.2, 0) is 10.0 Å². The maximum Gasteiger partial charge on any atom is 0.212 e. The van der Waals surface area contributed by atoms with Crippen molar-refractivity contribution in [3.8, 4) is 0 Å². The quantitative estimate of drug-likeness (QED) is 0.590. The van der Waals surface area contributed by atoms with Gasteiger partial charge in [0.05, 0.1) is 5.75 Å². The monoisotopic (exact) mass is 222 g/mol. The van der Waals surface area contributed by atoms with E-state index >= 15 is 0 Å². The van der Waals surface area contributed by atoms with Gasteiger partial charge < -0.3 is 5.32 Å². The van der Waals surface area contributed by atoms with Gasteiger partial charge in [-0.05, 0) is 12.5 Å². The lowest BCUT2D eigenvalue weighted by atomic mass is 10.1. The van der Waals surface area contributed by atoms with Crippen molar-refractivity contribution in [1.29, 1.82) is 0 Å². The lowest BCUT2D eigenvalue weighted by Crippen LogP contribution is -2.33. The third-order valence-corrected chi connectivity index (χ3v) is 3.57. The molecule has 5 heteroatoms. The van der Waals surface area contributed by atoms with Gasteiger partial charge in [-0.15, -0.1) is 0 Å². The van der Waals surface area contributed by atoms with Crippen LogP contribution in [0.2, 0.25) is 0 Å². The fraction of sp³-hybridized carbons (Fsp3) is 1.00. The second kappa shape index (κ2) is 7.20. The van der Waals surface area contributed by atoms with Crippen LogP contribution in [0.5, 0.6) is 0 Å². The number of rotatable bonds is 8. The van der Waals surface area contributed by atoms with E-state index in [0.717, 1.165) is 13.0 Å². The molecule has 0 heterocycles. The first-order valence-electron chi connectivity index (χ1n) is 5.19. The van der Waals surface area contributed by atoms with Crippen LogP contribution in [-0.4, -0.2) is 33.8 Å². The third-order valence-electron chi connectivity index (χ3n) is 2.10. The van der Waals surface area contributed by atoms with Crippen LogP contribution in [0.25, 0.3) is 0 Å². The summed E-state index contributed by atoms with van der Waals surface area (Å²) in [4.78, 5) is 0. The molecule has 1 unspecified atom stereocenters. The van der Waals surface area contributed by atoms with Gasteiger partial charge in [0.15, 0.2) is 0 Å². The molecule has 86 valence electrons. The summed E-state index contributed by atoms with van der Waals surface area (Å²) in [5.74, 6) is 0.772. The van der Waals surface area contributed by atoms with Crippen LogP contribution in [0.1, 0.15) is 27.2 Å². The Hall–Kier alpha value is -0.130. The molecule has 0 amide bonds. The van der Waals surface area contributed by atoms with Crippen molar-refractivity contribution in [3.05, 3.63) is 0 Å². The summed E-state index contributed by atoms with van der Waals surface area (Å²) in [6.45, 7) is 7.93. The van der Waals surface area contributed by atoms with Crippen molar-refractivity contribution < 1.29 is 8.42 Å². The summed E-state index contributed by atoms with van der Waals surface area (Å²) >= 11 is 0. The number of nitrogens with one attached hydrogen (secondary N) is 2. The molecule has 0 radical (unpaired) electrons. The summed E-state index contributed by atoms with van der Waals surface area (Å²) in [6, 6.07) is 0. The van der Waals surface area contributed by atoms with Crippen LogP contribution >= 0.6 is 0 Å². The van der Waals surface area contributed by atoms with E-state index in [4.69, 9.17) is 0 Å². The fourth-order valence-electron chi connectivity index (χ4n) is 0.991. The standard InChI is InChI=1S/C9H22N2O2S/c1-4-9(3)8-10-6-7-14(12,13)11-5-2/h9-11H,4-8H2,1-3H3. The van der Waals surface area contributed by atoms with Gasteiger partial charge in [-0.25, -0.2) is 13.1 Å². The van der Waals surface area contributed by atoms with Crippen LogP contribution < -0.4 is 10.0 Å². The molecule has 0 aliphatic rings. The molecule has 0 aromatic rings. The van der Waals surface area contributed by atoms with Gasteiger partial charge in [-0.2, -0.15) is 0 Å². The van der Waals surface area contributed by atoms with Gasteiger partial charge in [0.2, 0.25) is 10.0 Å². The minimum atomic E-state index is -3.05. The van der Waals surface area contributed by atoms with E-state index in [1.54, 1.807) is 6.92 Å². The summed E-state index contributed by atoms with van der Waals surface area (Å²) in [5.41, 5.74) is 0. The smallest absolute Gasteiger partial charge is 0.212 e. The molecule has 0 bridgehead atoms. The molecule has 2 N–H and O–H groups in total. The van der Waals surface area contributed by atoms with Gasteiger partial charge in [0.1, 0.15) is 0 Å². The predicted molar refractivity (Wildman–Crippen MR) is 59.8 cm³/mol. The molecule has 0 saturated heterocycles. The van der Waals surface area contributed by atoms with Gasteiger partial charge in [0, 0.05) is 13.1 Å².